The number of aliphatic carboxylic acids is 1. The minimum atomic E-state index is -4.74. The van der Waals surface area contributed by atoms with Crippen LogP contribution in [0, 0.1) is 6.92 Å². The molecule has 22 heavy (non-hydrogen) atoms. The number of carbonyl (C=O) groups is 1. The molecule has 0 fully saturated rings. The molecule has 0 aliphatic carbocycles. The number of nitrogens with two attached hydrogens (primary N) is 1. The molecule has 0 amide bonds. The van der Waals surface area contributed by atoms with Crippen molar-refractivity contribution < 1.29 is 23.1 Å². The maximum Gasteiger partial charge on any atom is 0.416 e. The van der Waals surface area contributed by atoms with E-state index in [4.69, 9.17) is 10.8 Å². The van der Waals surface area contributed by atoms with E-state index in [1.807, 2.05) is 0 Å². The molecular formula is C13H12F3N3O3. The van der Waals surface area contributed by atoms with Crippen LogP contribution >= 0.6 is 0 Å². The van der Waals surface area contributed by atoms with Gasteiger partial charge < -0.3 is 15.8 Å². The van der Waals surface area contributed by atoms with Gasteiger partial charge in [0, 0.05) is 6.04 Å². The van der Waals surface area contributed by atoms with E-state index in [-0.39, 0.29) is 16.7 Å². The number of carboxylic acid groups (broad SMARTS) is 1. The van der Waals surface area contributed by atoms with Gasteiger partial charge in [0.25, 0.3) is 5.56 Å². The summed E-state index contributed by atoms with van der Waals surface area (Å²) in [7, 11) is 0. The summed E-state index contributed by atoms with van der Waals surface area (Å²) in [6.07, 6.45) is -5.43. The van der Waals surface area contributed by atoms with E-state index in [0.717, 1.165) is 6.07 Å². The molecule has 0 aliphatic heterocycles. The van der Waals surface area contributed by atoms with Gasteiger partial charge in [-0.15, -0.1) is 0 Å². The second kappa shape index (κ2) is 5.41. The van der Waals surface area contributed by atoms with Crippen molar-refractivity contribution in [2.45, 2.75) is 25.6 Å². The molecule has 9 heteroatoms. The Labute approximate surface area is 121 Å². The Bertz CT molecular complexity index is 799. The first-order valence-corrected chi connectivity index (χ1v) is 6.18. The number of aryl methyl sites for hydroxylation is 1. The van der Waals surface area contributed by atoms with Crippen molar-refractivity contribution in [1.82, 2.24) is 9.97 Å². The fourth-order valence-electron chi connectivity index (χ4n) is 2.17. The second-order valence-corrected chi connectivity index (χ2v) is 4.81. The highest BCUT2D eigenvalue weighted by molar-refractivity contribution is 5.80. The molecular weight excluding hydrogens is 303 g/mol. The van der Waals surface area contributed by atoms with Crippen LogP contribution in [0.15, 0.2) is 16.9 Å². The summed E-state index contributed by atoms with van der Waals surface area (Å²) in [4.78, 5) is 28.7. The van der Waals surface area contributed by atoms with E-state index >= 15 is 0 Å². The average molecular weight is 315 g/mol. The predicted octanol–water partition coefficient (Wildman–Crippen LogP) is 1.72. The topological polar surface area (TPSA) is 109 Å². The number of aromatic amines is 1. The van der Waals surface area contributed by atoms with E-state index in [0.29, 0.717) is 6.07 Å². The number of carboxylic acids is 1. The third-order valence-corrected chi connectivity index (χ3v) is 3.09. The summed E-state index contributed by atoms with van der Waals surface area (Å²) in [5.41, 5.74) is 3.28. The number of rotatable bonds is 3. The average Bonchev–Trinajstić information content (AvgIpc) is 2.35. The molecule has 1 atom stereocenters. The fourth-order valence-corrected chi connectivity index (χ4v) is 2.17. The minimum absolute atomic E-state index is 0.0746. The molecule has 1 unspecified atom stereocenters. The first-order chi connectivity index (χ1) is 10.1. The Kier molecular flexibility index (Phi) is 3.92. The van der Waals surface area contributed by atoms with E-state index in [9.17, 15) is 22.8 Å². The van der Waals surface area contributed by atoms with Crippen molar-refractivity contribution in [3.05, 3.63) is 39.4 Å². The van der Waals surface area contributed by atoms with Crippen LogP contribution in [0.3, 0.4) is 0 Å². The predicted molar refractivity (Wildman–Crippen MR) is 71.3 cm³/mol. The van der Waals surface area contributed by atoms with Crippen LogP contribution < -0.4 is 11.3 Å². The van der Waals surface area contributed by atoms with Gasteiger partial charge in [0.2, 0.25) is 0 Å². The number of nitrogens with one attached hydrogen (secondary N) is 1. The highest BCUT2D eigenvalue weighted by atomic mass is 19.4. The van der Waals surface area contributed by atoms with Crippen LogP contribution in [0.25, 0.3) is 10.9 Å². The maximum absolute atomic E-state index is 13.2. The van der Waals surface area contributed by atoms with Gasteiger partial charge in [-0.2, -0.15) is 13.2 Å². The highest BCUT2D eigenvalue weighted by Gasteiger charge is 2.35. The van der Waals surface area contributed by atoms with Gasteiger partial charge in [-0.1, -0.05) is 0 Å². The molecule has 118 valence electrons. The smallest absolute Gasteiger partial charge is 0.416 e. The van der Waals surface area contributed by atoms with Crippen molar-refractivity contribution in [3.8, 4) is 0 Å². The molecule has 0 saturated carbocycles. The Morgan fingerprint density at radius 1 is 1.45 bits per heavy atom. The highest BCUT2D eigenvalue weighted by Crippen LogP contribution is 2.36. The second-order valence-electron chi connectivity index (χ2n) is 4.81. The van der Waals surface area contributed by atoms with Crippen molar-refractivity contribution >= 4 is 16.9 Å². The summed E-state index contributed by atoms with van der Waals surface area (Å²) in [6.45, 7) is 1.44. The summed E-state index contributed by atoms with van der Waals surface area (Å²) in [6, 6.07) is 0.283. The number of halogens is 3. The molecule has 0 saturated heterocycles. The Morgan fingerprint density at radius 2 is 2.09 bits per heavy atom. The lowest BCUT2D eigenvalue weighted by atomic mass is 9.96. The molecule has 0 bridgehead atoms. The van der Waals surface area contributed by atoms with Gasteiger partial charge in [-0.3, -0.25) is 9.59 Å². The summed E-state index contributed by atoms with van der Waals surface area (Å²) < 4.78 is 39.5. The lowest BCUT2D eigenvalue weighted by Gasteiger charge is -2.18. The molecule has 4 N–H and O–H groups in total. The Morgan fingerprint density at radius 3 is 2.64 bits per heavy atom. The van der Waals surface area contributed by atoms with Crippen molar-refractivity contribution in [2.24, 2.45) is 5.73 Å². The van der Waals surface area contributed by atoms with Crippen LogP contribution in [0.1, 0.15) is 29.4 Å². The molecule has 6 nitrogen and oxygen atoms in total. The lowest BCUT2D eigenvalue weighted by Crippen LogP contribution is -2.21. The molecule has 0 radical (unpaired) electrons. The summed E-state index contributed by atoms with van der Waals surface area (Å²) in [5.74, 6) is -1.16. The van der Waals surface area contributed by atoms with Gasteiger partial charge >= 0.3 is 12.1 Å². The monoisotopic (exact) mass is 315 g/mol. The van der Waals surface area contributed by atoms with Crippen LogP contribution in [0.4, 0.5) is 13.2 Å². The number of H-pyrrole nitrogens is 1. The molecule has 1 heterocycles. The molecule has 0 spiro atoms. The Hall–Kier alpha value is -2.42. The van der Waals surface area contributed by atoms with Gasteiger partial charge in [0.15, 0.2) is 0 Å². The van der Waals surface area contributed by atoms with Gasteiger partial charge in [-0.25, -0.2) is 4.98 Å². The number of alkyl halides is 3. The standard InChI is InChI=1S/C13H12F3N3O3/c1-5-18-10-3-8(13(14,15)16)6(9(17)4-11(20)21)2-7(10)12(22)19-5/h2-3,9H,4,17H2,1H3,(H,20,21)(H,18,19,22). The quantitative estimate of drug-likeness (QED) is 0.799. The summed E-state index contributed by atoms with van der Waals surface area (Å²) in [5, 5.41) is 8.63. The van der Waals surface area contributed by atoms with E-state index in [2.05, 4.69) is 9.97 Å². The van der Waals surface area contributed by atoms with E-state index in [1.54, 1.807) is 0 Å². The zero-order chi connectivity index (χ0) is 16.7. The fraction of sp³-hybridized carbons (Fsp3) is 0.308. The summed E-state index contributed by atoms with van der Waals surface area (Å²) >= 11 is 0. The van der Waals surface area contributed by atoms with E-state index in [1.165, 1.54) is 6.92 Å². The van der Waals surface area contributed by atoms with E-state index < -0.39 is 41.3 Å². The number of hydrogen-bond acceptors (Lipinski definition) is 4. The van der Waals surface area contributed by atoms with Crippen molar-refractivity contribution in [1.29, 1.82) is 0 Å². The molecule has 1 aromatic carbocycles. The molecule has 0 aliphatic rings. The normalized spacial score (nSPS) is 13.3. The van der Waals surface area contributed by atoms with Gasteiger partial charge in [0.1, 0.15) is 5.82 Å². The van der Waals surface area contributed by atoms with Gasteiger partial charge in [-0.05, 0) is 24.6 Å². The lowest BCUT2D eigenvalue weighted by molar-refractivity contribution is -0.140. The first-order valence-electron chi connectivity index (χ1n) is 6.18. The molecule has 1 aromatic heterocycles. The zero-order valence-electron chi connectivity index (χ0n) is 11.4. The van der Waals surface area contributed by atoms with Gasteiger partial charge in [0.05, 0.1) is 22.9 Å². The number of benzene rings is 1. The third-order valence-electron chi connectivity index (χ3n) is 3.09. The molecule has 2 aromatic rings. The largest absolute Gasteiger partial charge is 0.481 e. The van der Waals surface area contributed by atoms with Crippen LogP contribution in [0.5, 0.6) is 0 Å². The Balaban J connectivity index is 2.77. The molecule has 2 rings (SSSR count). The van der Waals surface area contributed by atoms with Crippen molar-refractivity contribution in [3.63, 3.8) is 0 Å². The minimum Gasteiger partial charge on any atom is -0.481 e. The zero-order valence-corrected chi connectivity index (χ0v) is 11.4. The maximum atomic E-state index is 13.2. The number of nitrogens with zero attached hydrogens (tertiary/aromatic N) is 1. The number of fused-ring (bicyclic) bond motifs is 1. The SMILES string of the molecule is Cc1nc2cc(C(F)(F)F)c(C(N)CC(=O)O)cc2c(=O)[nH]1. The first kappa shape index (κ1) is 16.0. The number of hydrogen-bond donors (Lipinski definition) is 3. The van der Waals surface area contributed by atoms with Crippen molar-refractivity contribution in [2.75, 3.05) is 0 Å². The van der Waals surface area contributed by atoms with Crippen LogP contribution in [-0.4, -0.2) is 21.0 Å². The number of aromatic nitrogens is 2. The van der Waals surface area contributed by atoms with Crippen LogP contribution in [-0.2, 0) is 11.0 Å². The van der Waals surface area contributed by atoms with Crippen LogP contribution in [0.2, 0.25) is 0 Å². The third kappa shape index (κ3) is 3.08.